The van der Waals surface area contributed by atoms with Crippen molar-refractivity contribution in [1.82, 2.24) is 5.32 Å². The summed E-state index contributed by atoms with van der Waals surface area (Å²) in [7, 11) is 0. The first kappa shape index (κ1) is 80.5. The van der Waals surface area contributed by atoms with Crippen LogP contribution in [0.4, 0.5) is 0 Å². The lowest BCUT2D eigenvalue weighted by Gasteiger charge is -2.48. The molecular formula is C70H123NO18. The fourth-order valence-electron chi connectivity index (χ4n) is 11.4. The molecule has 1 amide bonds. The summed E-state index contributed by atoms with van der Waals surface area (Å²) in [4.78, 5) is 13.3. The van der Waals surface area contributed by atoms with Gasteiger partial charge in [0, 0.05) is 6.42 Å². The number of nitrogens with one attached hydrogen (secondary N) is 1. The van der Waals surface area contributed by atoms with Crippen molar-refractivity contribution in [3.05, 3.63) is 72.9 Å². The minimum absolute atomic E-state index is 0.193. The van der Waals surface area contributed by atoms with Gasteiger partial charge in [0.1, 0.15) is 73.2 Å². The van der Waals surface area contributed by atoms with Crippen LogP contribution in [0.5, 0.6) is 0 Å². The number of carbonyl (C=O) groups is 1. The molecule has 516 valence electrons. The van der Waals surface area contributed by atoms with Crippen LogP contribution in [0, 0.1) is 0 Å². The minimum Gasteiger partial charge on any atom is -0.394 e. The Morgan fingerprint density at radius 2 is 0.787 bits per heavy atom. The molecule has 3 aliphatic heterocycles. The Labute approximate surface area is 534 Å². The van der Waals surface area contributed by atoms with E-state index in [4.69, 9.17) is 28.4 Å². The van der Waals surface area contributed by atoms with Gasteiger partial charge in [-0.3, -0.25) is 4.79 Å². The molecule has 0 aromatic carbocycles. The molecule has 19 heteroatoms. The predicted molar refractivity (Wildman–Crippen MR) is 346 cm³/mol. The molecule has 3 aliphatic rings. The summed E-state index contributed by atoms with van der Waals surface area (Å²) >= 11 is 0. The Balaban J connectivity index is 1.42. The van der Waals surface area contributed by atoms with Crippen LogP contribution in [0.25, 0.3) is 0 Å². The Morgan fingerprint density at radius 1 is 0.416 bits per heavy atom. The summed E-state index contributed by atoms with van der Waals surface area (Å²) in [5, 5.41) is 120. The topological polar surface area (TPSA) is 307 Å². The third kappa shape index (κ3) is 33.8. The van der Waals surface area contributed by atoms with E-state index in [1.807, 2.05) is 6.08 Å². The summed E-state index contributed by atoms with van der Waals surface area (Å²) in [6.45, 7) is 1.56. The number of hydrogen-bond donors (Lipinski definition) is 12. The van der Waals surface area contributed by atoms with E-state index >= 15 is 0 Å². The van der Waals surface area contributed by atoms with Gasteiger partial charge in [-0.15, -0.1) is 0 Å². The first-order valence-corrected chi connectivity index (χ1v) is 34.7. The van der Waals surface area contributed by atoms with Gasteiger partial charge in [-0.2, -0.15) is 0 Å². The Morgan fingerprint density at radius 3 is 1.26 bits per heavy atom. The van der Waals surface area contributed by atoms with Crippen molar-refractivity contribution in [2.24, 2.45) is 0 Å². The molecule has 3 fully saturated rings. The molecule has 3 saturated heterocycles. The van der Waals surface area contributed by atoms with Crippen LogP contribution >= 0.6 is 0 Å². The molecule has 17 atom stereocenters. The van der Waals surface area contributed by atoms with Crippen LogP contribution in [0.15, 0.2) is 72.9 Å². The molecule has 0 aromatic rings. The molecule has 0 saturated carbocycles. The molecule has 0 bridgehead atoms. The van der Waals surface area contributed by atoms with Gasteiger partial charge < -0.3 is 89.9 Å². The SMILES string of the molecule is CC/C=C\C/C=C\C/C=C\CCCCCC(=O)NC(COC1OC(CO)C(OC2OC(CO)C(OC3OC(CO)C(O)C(O)C3O)C(O)C2O)C(O)C1O)C(O)/C=C/CC/C=C/CC/C=C/CCCCCCCCCCCCCCCCCCCCCCC. The summed E-state index contributed by atoms with van der Waals surface area (Å²) < 4.78 is 34.2. The van der Waals surface area contributed by atoms with E-state index in [-0.39, 0.29) is 18.9 Å². The van der Waals surface area contributed by atoms with Gasteiger partial charge in [0.05, 0.1) is 38.6 Å². The summed E-state index contributed by atoms with van der Waals surface area (Å²) in [5.74, 6) is -0.321. The third-order valence-corrected chi connectivity index (χ3v) is 17.0. The molecule has 0 radical (unpaired) electrons. The number of carbonyl (C=O) groups excluding carboxylic acids is 1. The van der Waals surface area contributed by atoms with E-state index in [9.17, 15) is 61.0 Å². The van der Waals surface area contributed by atoms with Crippen LogP contribution in [0.2, 0.25) is 0 Å². The summed E-state index contributed by atoms with van der Waals surface area (Å²) in [6.07, 6.45) is 37.8. The maximum atomic E-state index is 13.3. The van der Waals surface area contributed by atoms with E-state index in [0.29, 0.717) is 12.8 Å². The van der Waals surface area contributed by atoms with Crippen LogP contribution in [0.1, 0.15) is 232 Å². The highest BCUT2D eigenvalue weighted by atomic mass is 16.8. The molecule has 17 unspecified atom stereocenters. The maximum absolute atomic E-state index is 13.3. The number of aliphatic hydroxyl groups excluding tert-OH is 11. The lowest BCUT2D eigenvalue weighted by Crippen LogP contribution is -2.66. The Bertz CT molecular complexity index is 1900. The van der Waals surface area contributed by atoms with Gasteiger partial charge in [-0.25, -0.2) is 0 Å². The molecule has 3 rings (SSSR count). The normalized spacial score (nSPS) is 28.7. The Hall–Kier alpha value is -2.77. The number of unbranched alkanes of at least 4 members (excludes halogenated alkanes) is 26. The fourth-order valence-corrected chi connectivity index (χ4v) is 11.4. The maximum Gasteiger partial charge on any atom is 0.220 e. The highest BCUT2D eigenvalue weighted by Crippen LogP contribution is 2.33. The standard InChI is InChI=1S/C70H123NO18/c1-3-5-7-9-11-13-15-17-18-19-20-21-22-23-24-25-26-27-28-29-30-31-32-33-34-36-37-39-41-43-45-47-54(75)53(71-58(76)48-46-44-42-40-38-35-16-14-12-10-8-6-4-2)52-84-68-64(82)61(79)66(56(50-73)86-68)89-70-65(83)62(80)67(57(51-74)87-70)88-69-63(81)60(78)59(77)55(49-72)85-69/h6,8,12,14,32-33,35,37-39,45,47,53-57,59-70,72-75,77-83H,3-5,7,9-11,13,15-31,34,36,40-44,46,48-52H2,1-2H3,(H,71,76)/b8-6-,14-12-,33-32+,38-35-,39-37+,47-45+. The van der Waals surface area contributed by atoms with E-state index in [0.717, 1.165) is 64.2 Å². The highest BCUT2D eigenvalue weighted by Gasteiger charge is 2.53. The number of hydrogen-bond acceptors (Lipinski definition) is 18. The number of ether oxygens (including phenoxy) is 6. The van der Waals surface area contributed by atoms with Gasteiger partial charge >= 0.3 is 0 Å². The second-order valence-electron chi connectivity index (χ2n) is 24.6. The van der Waals surface area contributed by atoms with Crippen LogP contribution in [0.3, 0.4) is 0 Å². The molecule has 0 aromatic heterocycles. The zero-order valence-corrected chi connectivity index (χ0v) is 54.4. The average molecular weight is 1270 g/mol. The van der Waals surface area contributed by atoms with Crippen molar-refractivity contribution in [2.45, 2.75) is 336 Å². The predicted octanol–water partition coefficient (Wildman–Crippen LogP) is 8.94. The van der Waals surface area contributed by atoms with E-state index in [2.05, 4.69) is 79.9 Å². The van der Waals surface area contributed by atoms with Gasteiger partial charge in [0.25, 0.3) is 0 Å². The second kappa shape index (κ2) is 51.6. The van der Waals surface area contributed by atoms with Crippen molar-refractivity contribution in [3.63, 3.8) is 0 Å². The summed E-state index contributed by atoms with van der Waals surface area (Å²) in [6, 6.07) is -1.02. The molecule has 12 N–H and O–H groups in total. The van der Waals surface area contributed by atoms with E-state index < -0.39 is 124 Å². The highest BCUT2D eigenvalue weighted by molar-refractivity contribution is 5.76. The molecular weight excluding hydrogens is 1140 g/mol. The number of rotatable bonds is 52. The Kier molecular flexibility index (Phi) is 46.7. The van der Waals surface area contributed by atoms with Gasteiger partial charge in [0.2, 0.25) is 5.91 Å². The zero-order valence-electron chi connectivity index (χ0n) is 54.4. The van der Waals surface area contributed by atoms with Crippen molar-refractivity contribution in [3.8, 4) is 0 Å². The van der Waals surface area contributed by atoms with Crippen LogP contribution < -0.4 is 5.32 Å². The molecule has 0 spiro atoms. The minimum atomic E-state index is -1.99. The van der Waals surface area contributed by atoms with E-state index in [1.165, 1.54) is 135 Å². The lowest BCUT2D eigenvalue weighted by molar-refractivity contribution is -0.379. The monoisotopic (exact) mass is 1270 g/mol. The second-order valence-corrected chi connectivity index (χ2v) is 24.6. The quantitative estimate of drug-likeness (QED) is 0.0200. The molecule has 89 heavy (non-hydrogen) atoms. The zero-order chi connectivity index (χ0) is 64.7. The van der Waals surface area contributed by atoms with Gasteiger partial charge in [-0.1, -0.05) is 222 Å². The first-order chi connectivity index (χ1) is 43.3. The van der Waals surface area contributed by atoms with Crippen molar-refractivity contribution in [1.29, 1.82) is 0 Å². The van der Waals surface area contributed by atoms with Gasteiger partial charge in [-0.05, 0) is 77.0 Å². The molecule has 19 nitrogen and oxygen atoms in total. The molecule has 3 heterocycles. The lowest BCUT2D eigenvalue weighted by atomic mass is 9.96. The number of aliphatic hydroxyl groups is 11. The van der Waals surface area contributed by atoms with Crippen molar-refractivity contribution in [2.75, 3.05) is 26.4 Å². The van der Waals surface area contributed by atoms with E-state index in [1.54, 1.807) is 6.08 Å². The number of allylic oxidation sites excluding steroid dienone is 11. The fraction of sp³-hybridized carbons (Fsp3) is 0.814. The van der Waals surface area contributed by atoms with Crippen LogP contribution in [-0.4, -0.2) is 193 Å². The van der Waals surface area contributed by atoms with Gasteiger partial charge in [0.15, 0.2) is 18.9 Å². The van der Waals surface area contributed by atoms with Crippen molar-refractivity contribution >= 4 is 5.91 Å². The summed E-state index contributed by atoms with van der Waals surface area (Å²) in [5.41, 5.74) is 0. The van der Waals surface area contributed by atoms with Crippen LogP contribution in [-0.2, 0) is 33.2 Å². The third-order valence-electron chi connectivity index (χ3n) is 17.0. The largest absolute Gasteiger partial charge is 0.394 e. The smallest absolute Gasteiger partial charge is 0.220 e. The molecule has 0 aliphatic carbocycles. The number of amides is 1. The first-order valence-electron chi connectivity index (χ1n) is 34.7. The average Bonchev–Trinajstić information content (AvgIpc) is 2.38. The van der Waals surface area contributed by atoms with Crippen molar-refractivity contribution < 1.29 is 89.4 Å².